The summed E-state index contributed by atoms with van der Waals surface area (Å²) in [6.07, 6.45) is 2.78. The van der Waals surface area contributed by atoms with Crippen LogP contribution in [0.1, 0.15) is 6.42 Å². The van der Waals surface area contributed by atoms with Crippen LogP contribution in [0.3, 0.4) is 0 Å². The average molecular weight is 329 g/mol. The molecular weight excluding hydrogens is 312 g/mol. The van der Waals surface area contributed by atoms with E-state index in [-0.39, 0.29) is 0 Å². The van der Waals surface area contributed by atoms with Gasteiger partial charge in [-0.2, -0.15) is 4.98 Å². The Kier molecular flexibility index (Phi) is 5.56. The Labute approximate surface area is 120 Å². The van der Waals surface area contributed by atoms with Crippen molar-refractivity contribution in [2.24, 2.45) is 0 Å². The smallest absolute Gasteiger partial charge is 0.243 e. The number of hydrogen-bond acceptors (Lipinski definition) is 5. The monoisotopic (exact) mass is 328 g/mol. The molecule has 0 bridgehead atoms. The van der Waals surface area contributed by atoms with E-state index in [4.69, 9.17) is 9.47 Å². The molecule has 104 valence electrons. The Morgan fingerprint density at radius 1 is 1.32 bits per heavy atom. The van der Waals surface area contributed by atoms with E-state index >= 15 is 0 Å². The molecule has 0 amide bonds. The highest BCUT2D eigenvalue weighted by molar-refractivity contribution is 9.10. The van der Waals surface area contributed by atoms with E-state index in [1.807, 2.05) is 18.3 Å². The molecule has 2 heterocycles. The molecular formula is C12H17BrN4O2. The number of anilines is 1. The van der Waals surface area contributed by atoms with Crippen molar-refractivity contribution in [1.29, 1.82) is 0 Å². The predicted molar refractivity (Wildman–Crippen MR) is 76.5 cm³/mol. The van der Waals surface area contributed by atoms with Crippen molar-refractivity contribution in [1.82, 2.24) is 14.6 Å². The lowest BCUT2D eigenvalue weighted by molar-refractivity contribution is 0.0705. The Morgan fingerprint density at radius 2 is 2.21 bits per heavy atom. The van der Waals surface area contributed by atoms with Crippen LogP contribution in [-0.4, -0.2) is 48.1 Å². The maximum atomic E-state index is 5.37. The summed E-state index contributed by atoms with van der Waals surface area (Å²) in [6.45, 7) is 2.76. The van der Waals surface area contributed by atoms with Gasteiger partial charge in [-0.25, -0.2) is 4.52 Å². The number of fused-ring (bicyclic) bond motifs is 1. The molecule has 19 heavy (non-hydrogen) atoms. The fourth-order valence-corrected chi connectivity index (χ4v) is 1.88. The van der Waals surface area contributed by atoms with Crippen LogP contribution >= 0.6 is 15.9 Å². The normalized spacial score (nSPS) is 11.1. The van der Waals surface area contributed by atoms with E-state index in [1.54, 1.807) is 11.6 Å². The Bertz CT molecular complexity index is 517. The van der Waals surface area contributed by atoms with Gasteiger partial charge in [0, 0.05) is 30.9 Å². The number of rotatable bonds is 8. The summed E-state index contributed by atoms with van der Waals surface area (Å²) in [6, 6.07) is 3.85. The third-order valence-corrected chi connectivity index (χ3v) is 2.94. The van der Waals surface area contributed by atoms with Gasteiger partial charge in [0.15, 0.2) is 5.65 Å². The number of aromatic nitrogens is 3. The van der Waals surface area contributed by atoms with Crippen LogP contribution in [0.5, 0.6) is 0 Å². The van der Waals surface area contributed by atoms with Crippen LogP contribution in [-0.2, 0) is 9.47 Å². The van der Waals surface area contributed by atoms with Crippen LogP contribution in [0.4, 0.5) is 5.95 Å². The molecule has 0 fully saturated rings. The summed E-state index contributed by atoms with van der Waals surface area (Å²) in [5.41, 5.74) is 0.821. The maximum absolute atomic E-state index is 5.37. The lowest BCUT2D eigenvalue weighted by Gasteiger charge is -2.03. The van der Waals surface area contributed by atoms with Crippen LogP contribution in [0, 0.1) is 0 Å². The minimum Gasteiger partial charge on any atom is -0.382 e. The fourth-order valence-electron chi connectivity index (χ4n) is 1.55. The van der Waals surface area contributed by atoms with E-state index in [2.05, 4.69) is 31.3 Å². The van der Waals surface area contributed by atoms with E-state index in [9.17, 15) is 0 Å². The van der Waals surface area contributed by atoms with E-state index in [1.165, 1.54) is 0 Å². The molecule has 7 heteroatoms. The number of halogens is 1. The summed E-state index contributed by atoms with van der Waals surface area (Å²) in [7, 11) is 1.67. The zero-order valence-corrected chi connectivity index (χ0v) is 12.4. The Balaban J connectivity index is 1.72. The van der Waals surface area contributed by atoms with Crippen LogP contribution in [0.25, 0.3) is 5.65 Å². The molecule has 0 atom stereocenters. The maximum Gasteiger partial charge on any atom is 0.243 e. The third-order valence-electron chi connectivity index (χ3n) is 2.48. The standard InChI is InChI=1S/C12H17BrN4O2/c1-18-7-8-19-6-2-5-14-12-15-11-4-3-10(13)9-17(11)16-12/h3-4,9H,2,5-8H2,1H3,(H,14,16). The van der Waals surface area contributed by atoms with Crippen LogP contribution in [0.2, 0.25) is 0 Å². The third kappa shape index (κ3) is 4.45. The molecule has 2 rings (SSSR count). The molecule has 0 aliphatic heterocycles. The molecule has 2 aromatic heterocycles. The van der Waals surface area contributed by atoms with Crippen molar-refractivity contribution in [2.45, 2.75) is 6.42 Å². The molecule has 0 aromatic carbocycles. The first-order valence-corrected chi connectivity index (χ1v) is 6.91. The van der Waals surface area contributed by atoms with Crippen molar-refractivity contribution in [2.75, 3.05) is 38.8 Å². The lowest BCUT2D eigenvalue weighted by atomic mass is 10.4. The highest BCUT2D eigenvalue weighted by Crippen LogP contribution is 2.11. The number of nitrogens with one attached hydrogen (secondary N) is 1. The summed E-state index contributed by atoms with van der Waals surface area (Å²) < 4.78 is 13.0. The summed E-state index contributed by atoms with van der Waals surface area (Å²) in [5, 5.41) is 7.50. The van der Waals surface area contributed by atoms with Crippen molar-refractivity contribution >= 4 is 27.5 Å². The van der Waals surface area contributed by atoms with Crippen molar-refractivity contribution in [3.05, 3.63) is 22.8 Å². The van der Waals surface area contributed by atoms with Crippen molar-refractivity contribution < 1.29 is 9.47 Å². The van der Waals surface area contributed by atoms with Gasteiger partial charge < -0.3 is 14.8 Å². The molecule has 1 N–H and O–H groups in total. The first kappa shape index (κ1) is 14.2. The minimum absolute atomic E-state index is 0.634. The first-order valence-electron chi connectivity index (χ1n) is 6.12. The molecule has 6 nitrogen and oxygen atoms in total. The van der Waals surface area contributed by atoms with Gasteiger partial charge >= 0.3 is 0 Å². The van der Waals surface area contributed by atoms with E-state index in [0.717, 1.165) is 23.1 Å². The molecule has 2 aromatic rings. The first-order chi connectivity index (χ1) is 9.29. The van der Waals surface area contributed by atoms with E-state index < -0.39 is 0 Å². The second-order valence-corrected chi connectivity index (χ2v) is 4.89. The predicted octanol–water partition coefficient (Wildman–Crippen LogP) is 1.96. The van der Waals surface area contributed by atoms with Gasteiger partial charge in [0.25, 0.3) is 0 Å². The summed E-state index contributed by atoms with van der Waals surface area (Å²) in [4.78, 5) is 4.36. The van der Waals surface area contributed by atoms with Gasteiger partial charge in [-0.3, -0.25) is 0 Å². The van der Waals surface area contributed by atoms with Gasteiger partial charge in [0.1, 0.15) is 0 Å². The molecule has 0 radical (unpaired) electrons. The quantitative estimate of drug-likeness (QED) is 0.750. The lowest BCUT2D eigenvalue weighted by Crippen LogP contribution is -2.09. The highest BCUT2D eigenvalue weighted by atomic mass is 79.9. The second-order valence-electron chi connectivity index (χ2n) is 3.97. The number of pyridine rings is 1. The van der Waals surface area contributed by atoms with Gasteiger partial charge in [0.2, 0.25) is 5.95 Å². The molecule has 0 spiro atoms. The summed E-state index contributed by atoms with van der Waals surface area (Å²) in [5.74, 6) is 0.634. The molecule has 0 aliphatic rings. The Hall–Kier alpha value is -1.18. The number of ether oxygens (including phenoxy) is 2. The number of methoxy groups -OCH3 is 1. The highest BCUT2D eigenvalue weighted by Gasteiger charge is 2.02. The number of nitrogens with zero attached hydrogens (tertiary/aromatic N) is 3. The van der Waals surface area contributed by atoms with Gasteiger partial charge in [0.05, 0.1) is 13.2 Å². The van der Waals surface area contributed by atoms with Gasteiger partial charge in [-0.05, 0) is 34.5 Å². The average Bonchev–Trinajstić information content (AvgIpc) is 2.79. The zero-order chi connectivity index (χ0) is 13.5. The molecule has 0 unspecified atom stereocenters. The van der Waals surface area contributed by atoms with Crippen LogP contribution < -0.4 is 5.32 Å². The molecule has 0 saturated carbocycles. The minimum atomic E-state index is 0.634. The SMILES string of the molecule is COCCOCCCNc1nc2ccc(Br)cn2n1. The Morgan fingerprint density at radius 3 is 3.05 bits per heavy atom. The van der Waals surface area contributed by atoms with Crippen LogP contribution in [0.15, 0.2) is 22.8 Å². The van der Waals surface area contributed by atoms with Gasteiger partial charge in [-0.15, -0.1) is 5.10 Å². The fraction of sp³-hybridized carbons (Fsp3) is 0.500. The van der Waals surface area contributed by atoms with E-state index in [0.29, 0.717) is 25.8 Å². The summed E-state index contributed by atoms with van der Waals surface area (Å²) >= 11 is 3.40. The molecule has 0 aliphatic carbocycles. The largest absolute Gasteiger partial charge is 0.382 e. The second kappa shape index (κ2) is 7.42. The topological polar surface area (TPSA) is 60.7 Å². The number of hydrogen-bond donors (Lipinski definition) is 1. The zero-order valence-electron chi connectivity index (χ0n) is 10.8. The van der Waals surface area contributed by atoms with Gasteiger partial charge in [-0.1, -0.05) is 0 Å². The van der Waals surface area contributed by atoms with Crippen molar-refractivity contribution in [3.63, 3.8) is 0 Å². The van der Waals surface area contributed by atoms with Crippen molar-refractivity contribution in [3.8, 4) is 0 Å². The molecule has 0 saturated heterocycles.